The van der Waals surface area contributed by atoms with Crippen molar-refractivity contribution in [3.8, 4) is 11.1 Å². The highest BCUT2D eigenvalue weighted by molar-refractivity contribution is 7.16. The van der Waals surface area contributed by atoms with Crippen molar-refractivity contribution in [2.24, 2.45) is 7.05 Å². The molecular formula is C23H25N5S. The molecule has 5 nitrogen and oxygen atoms in total. The lowest BCUT2D eigenvalue weighted by Crippen LogP contribution is -2.46. The number of nitrogens with zero attached hydrogens (tertiary/aromatic N) is 4. The van der Waals surface area contributed by atoms with Crippen molar-refractivity contribution in [3.63, 3.8) is 0 Å². The van der Waals surface area contributed by atoms with E-state index in [1.54, 1.807) is 17.7 Å². The highest BCUT2D eigenvalue weighted by atomic mass is 32.1. The van der Waals surface area contributed by atoms with E-state index in [1.165, 1.54) is 27.9 Å². The molecule has 1 atom stereocenters. The molecule has 0 radical (unpaired) electrons. The molecule has 29 heavy (non-hydrogen) atoms. The predicted molar refractivity (Wildman–Crippen MR) is 121 cm³/mol. The molecule has 0 spiro atoms. The Bertz CT molecular complexity index is 1160. The fourth-order valence-electron chi connectivity index (χ4n) is 4.47. The van der Waals surface area contributed by atoms with E-state index in [0.717, 1.165) is 35.7 Å². The molecule has 1 unspecified atom stereocenters. The Morgan fingerprint density at radius 3 is 2.76 bits per heavy atom. The average Bonchev–Trinajstić information content (AvgIpc) is 3.32. The first-order valence-electron chi connectivity index (χ1n) is 10.0. The SMILES string of the molecule is Cc1ccc(-c2c(C)cn(C)c2C2CN(c3ncnc4sccc34)CCN2)cc1. The molecule has 1 aliphatic heterocycles. The van der Waals surface area contributed by atoms with E-state index in [0.29, 0.717) is 0 Å². The van der Waals surface area contributed by atoms with Gasteiger partial charge in [-0.25, -0.2) is 9.97 Å². The van der Waals surface area contributed by atoms with Crippen LogP contribution in [0.4, 0.5) is 5.82 Å². The molecule has 1 N–H and O–H groups in total. The Hall–Kier alpha value is -2.70. The van der Waals surface area contributed by atoms with Gasteiger partial charge in [0.15, 0.2) is 0 Å². The molecule has 4 aromatic rings. The number of aromatic nitrogens is 3. The van der Waals surface area contributed by atoms with Crippen LogP contribution in [0.1, 0.15) is 22.9 Å². The zero-order valence-corrected chi connectivity index (χ0v) is 17.8. The first-order valence-corrected chi connectivity index (χ1v) is 10.9. The molecule has 1 fully saturated rings. The molecule has 1 aromatic carbocycles. The lowest BCUT2D eigenvalue weighted by molar-refractivity contribution is 0.453. The van der Waals surface area contributed by atoms with Gasteiger partial charge in [-0.3, -0.25) is 0 Å². The number of anilines is 1. The van der Waals surface area contributed by atoms with Gasteiger partial charge in [-0.1, -0.05) is 29.8 Å². The van der Waals surface area contributed by atoms with Crippen molar-refractivity contribution in [3.05, 3.63) is 65.1 Å². The van der Waals surface area contributed by atoms with Crippen LogP contribution in [0.5, 0.6) is 0 Å². The van der Waals surface area contributed by atoms with Gasteiger partial charge >= 0.3 is 0 Å². The van der Waals surface area contributed by atoms with Crippen LogP contribution < -0.4 is 10.2 Å². The largest absolute Gasteiger partial charge is 0.353 e. The molecule has 148 valence electrons. The molecule has 5 rings (SSSR count). The van der Waals surface area contributed by atoms with Crippen LogP contribution in [0.25, 0.3) is 21.3 Å². The van der Waals surface area contributed by atoms with Gasteiger partial charge in [-0.05, 0) is 36.4 Å². The normalized spacial score (nSPS) is 17.2. The molecule has 0 saturated carbocycles. The smallest absolute Gasteiger partial charge is 0.140 e. The summed E-state index contributed by atoms with van der Waals surface area (Å²) in [5.74, 6) is 1.05. The van der Waals surface area contributed by atoms with Crippen LogP contribution in [0.3, 0.4) is 0 Å². The summed E-state index contributed by atoms with van der Waals surface area (Å²) in [5.41, 5.74) is 6.56. The van der Waals surface area contributed by atoms with E-state index in [9.17, 15) is 0 Å². The lowest BCUT2D eigenvalue weighted by atomic mass is 9.97. The quantitative estimate of drug-likeness (QED) is 0.548. The van der Waals surface area contributed by atoms with Gasteiger partial charge < -0.3 is 14.8 Å². The minimum atomic E-state index is 0.238. The second-order valence-electron chi connectivity index (χ2n) is 7.84. The predicted octanol–water partition coefficient (Wildman–Crippen LogP) is 4.46. The fraction of sp³-hybridized carbons (Fsp3) is 0.304. The molecular weight excluding hydrogens is 378 g/mol. The molecule has 0 bridgehead atoms. The van der Waals surface area contributed by atoms with Crippen molar-refractivity contribution in [1.29, 1.82) is 0 Å². The number of hydrogen-bond donors (Lipinski definition) is 1. The summed E-state index contributed by atoms with van der Waals surface area (Å²) >= 11 is 1.67. The van der Waals surface area contributed by atoms with Crippen LogP contribution >= 0.6 is 11.3 Å². The highest BCUT2D eigenvalue weighted by Crippen LogP contribution is 2.35. The zero-order chi connectivity index (χ0) is 20.0. The molecule has 6 heteroatoms. The van der Waals surface area contributed by atoms with Crippen LogP contribution in [0, 0.1) is 13.8 Å². The number of piperazine rings is 1. The molecule has 3 aromatic heterocycles. The van der Waals surface area contributed by atoms with Gasteiger partial charge in [-0.15, -0.1) is 11.3 Å². The number of thiophene rings is 1. The molecule has 1 saturated heterocycles. The Labute approximate surface area is 175 Å². The average molecular weight is 404 g/mol. The second kappa shape index (κ2) is 7.28. The van der Waals surface area contributed by atoms with Crippen LogP contribution in [-0.4, -0.2) is 34.2 Å². The van der Waals surface area contributed by atoms with Crippen LogP contribution in [0.2, 0.25) is 0 Å². The van der Waals surface area contributed by atoms with Gasteiger partial charge in [0.05, 0.1) is 11.4 Å². The number of rotatable bonds is 3. The maximum atomic E-state index is 4.64. The third kappa shape index (κ3) is 3.22. The summed E-state index contributed by atoms with van der Waals surface area (Å²) < 4.78 is 2.28. The summed E-state index contributed by atoms with van der Waals surface area (Å²) in [6.07, 6.45) is 3.93. The zero-order valence-electron chi connectivity index (χ0n) is 17.0. The molecule has 4 heterocycles. The van der Waals surface area contributed by atoms with E-state index in [4.69, 9.17) is 0 Å². The van der Waals surface area contributed by atoms with E-state index >= 15 is 0 Å². The lowest BCUT2D eigenvalue weighted by Gasteiger charge is -2.35. The minimum Gasteiger partial charge on any atom is -0.353 e. The number of aryl methyl sites for hydroxylation is 3. The van der Waals surface area contributed by atoms with Crippen LogP contribution in [0.15, 0.2) is 48.2 Å². The van der Waals surface area contributed by atoms with Crippen molar-refractivity contribution in [2.75, 3.05) is 24.5 Å². The topological polar surface area (TPSA) is 46.0 Å². The monoisotopic (exact) mass is 403 g/mol. The standard InChI is InChI=1S/C23H25N5S/c1-15-4-6-17(7-5-15)20-16(2)12-27(3)21(20)19-13-28(10-9-24-19)22-18-8-11-29-23(18)26-14-25-22/h4-8,11-12,14,19,24H,9-10,13H2,1-3H3. The summed E-state index contributed by atoms with van der Waals surface area (Å²) in [5, 5.41) is 7.00. The number of benzene rings is 1. The number of nitrogens with one attached hydrogen (secondary N) is 1. The highest BCUT2D eigenvalue weighted by Gasteiger charge is 2.28. The first kappa shape index (κ1) is 18.3. The van der Waals surface area contributed by atoms with Gasteiger partial charge in [0.1, 0.15) is 17.0 Å². The van der Waals surface area contributed by atoms with Crippen molar-refractivity contribution in [1.82, 2.24) is 19.9 Å². The Morgan fingerprint density at radius 1 is 1.10 bits per heavy atom. The Balaban J connectivity index is 1.53. The Kier molecular flexibility index (Phi) is 4.60. The van der Waals surface area contributed by atoms with Crippen molar-refractivity contribution in [2.45, 2.75) is 19.9 Å². The third-order valence-electron chi connectivity index (χ3n) is 5.80. The van der Waals surface area contributed by atoms with Gasteiger partial charge in [-0.2, -0.15) is 0 Å². The van der Waals surface area contributed by atoms with Gasteiger partial charge in [0.25, 0.3) is 0 Å². The fourth-order valence-corrected chi connectivity index (χ4v) is 5.20. The summed E-state index contributed by atoms with van der Waals surface area (Å²) in [6, 6.07) is 11.2. The van der Waals surface area contributed by atoms with E-state index in [2.05, 4.69) is 87.6 Å². The van der Waals surface area contributed by atoms with Crippen LogP contribution in [-0.2, 0) is 7.05 Å². The maximum absolute atomic E-state index is 4.64. The Morgan fingerprint density at radius 2 is 1.93 bits per heavy atom. The van der Waals surface area contributed by atoms with Gasteiger partial charge in [0, 0.05) is 44.1 Å². The summed E-state index contributed by atoms with van der Waals surface area (Å²) in [4.78, 5) is 12.5. The minimum absolute atomic E-state index is 0.238. The van der Waals surface area contributed by atoms with Gasteiger partial charge in [0.2, 0.25) is 0 Å². The maximum Gasteiger partial charge on any atom is 0.140 e. The van der Waals surface area contributed by atoms with E-state index in [-0.39, 0.29) is 6.04 Å². The molecule has 0 aliphatic carbocycles. The van der Waals surface area contributed by atoms with Crippen molar-refractivity contribution >= 4 is 27.4 Å². The summed E-state index contributed by atoms with van der Waals surface area (Å²) in [7, 11) is 2.16. The van der Waals surface area contributed by atoms with E-state index in [1.807, 2.05) is 0 Å². The second-order valence-corrected chi connectivity index (χ2v) is 8.73. The van der Waals surface area contributed by atoms with E-state index < -0.39 is 0 Å². The molecule has 1 aliphatic rings. The first-order chi connectivity index (χ1) is 14.1. The molecule has 0 amide bonds. The van der Waals surface area contributed by atoms with Crippen molar-refractivity contribution < 1.29 is 0 Å². The number of fused-ring (bicyclic) bond motifs is 1. The number of hydrogen-bond acceptors (Lipinski definition) is 5. The third-order valence-corrected chi connectivity index (χ3v) is 6.62. The summed E-state index contributed by atoms with van der Waals surface area (Å²) in [6.45, 7) is 7.10.